The van der Waals surface area contributed by atoms with E-state index in [-0.39, 0.29) is 71.3 Å². The van der Waals surface area contributed by atoms with Gasteiger partial charge in [-0.2, -0.15) is 0 Å². The summed E-state index contributed by atoms with van der Waals surface area (Å²) in [5.41, 5.74) is 0. The summed E-state index contributed by atoms with van der Waals surface area (Å²) in [5, 5.41) is 20.7. The lowest BCUT2D eigenvalue weighted by atomic mass is 9.78. The molecular weight excluding hydrogens is 560 g/mol. The van der Waals surface area contributed by atoms with Gasteiger partial charge in [-0.25, -0.2) is 4.68 Å². The van der Waals surface area contributed by atoms with Crippen molar-refractivity contribution in [3.63, 3.8) is 0 Å². The number of hydrogen-bond acceptors (Lipinski definition) is 10. The Kier molecular flexibility index (Phi) is 8.50. The minimum Gasteiger partial charge on any atom is -0.351 e. The molecule has 0 saturated carbocycles. The number of piperazine rings is 1. The molecule has 0 unspecified atom stereocenters. The predicted octanol–water partition coefficient (Wildman–Crippen LogP) is -1.37. The van der Waals surface area contributed by atoms with Crippen LogP contribution in [0.5, 0.6) is 0 Å². The highest BCUT2D eigenvalue weighted by Crippen LogP contribution is 2.48. The highest BCUT2D eigenvalue weighted by molar-refractivity contribution is 8.03. The fourth-order valence-electron chi connectivity index (χ4n) is 7.00. The van der Waals surface area contributed by atoms with Gasteiger partial charge in [0, 0.05) is 80.0 Å². The molecule has 1 aromatic rings. The van der Waals surface area contributed by atoms with Crippen LogP contribution in [0.25, 0.3) is 0 Å². The van der Waals surface area contributed by atoms with Crippen molar-refractivity contribution < 1.29 is 19.2 Å². The third-order valence-electron chi connectivity index (χ3n) is 9.36. The van der Waals surface area contributed by atoms with E-state index in [4.69, 9.17) is 0 Å². The molecule has 6 heterocycles. The minimum absolute atomic E-state index is 0.00274. The summed E-state index contributed by atoms with van der Waals surface area (Å²) in [6.45, 7) is 9.23. The van der Waals surface area contributed by atoms with Gasteiger partial charge in [0.2, 0.25) is 23.6 Å². The number of rotatable bonds is 8. The van der Waals surface area contributed by atoms with E-state index in [0.717, 1.165) is 56.9 Å². The lowest BCUT2D eigenvalue weighted by Gasteiger charge is -2.46. The average molecular weight is 601 g/mol. The summed E-state index contributed by atoms with van der Waals surface area (Å²) >= 11 is 1.76. The highest BCUT2D eigenvalue weighted by Gasteiger charge is 2.56. The molecule has 0 spiro atoms. The average Bonchev–Trinajstić information content (AvgIpc) is 3.74. The molecule has 3 N–H and O–H groups in total. The van der Waals surface area contributed by atoms with Crippen molar-refractivity contribution in [1.82, 2.24) is 50.9 Å². The van der Waals surface area contributed by atoms with Crippen molar-refractivity contribution in [2.24, 2.45) is 17.8 Å². The molecule has 0 aliphatic carbocycles. The Balaban J connectivity index is 0.957. The molecule has 14 nitrogen and oxygen atoms in total. The third-order valence-corrected chi connectivity index (χ3v) is 10.8. The van der Waals surface area contributed by atoms with Gasteiger partial charge in [-0.05, 0) is 36.6 Å². The Morgan fingerprint density at radius 2 is 1.86 bits per heavy atom. The second-order valence-electron chi connectivity index (χ2n) is 12.1. The smallest absolute Gasteiger partial charge is 0.242 e. The number of likely N-dealkylation sites (tertiary alicyclic amines) is 1. The quantitative estimate of drug-likeness (QED) is 0.304. The van der Waals surface area contributed by atoms with Crippen LogP contribution in [-0.2, 0) is 25.7 Å². The lowest BCUT2D eigenvalue weighted by molar-refractivity contribution is -0.153. The number of carbonyl (C=O) groups is 4. The molecule has 5 aliphatic rings. The summed E-state index contributed by atoms with van der Waals surface area (Å²) in [4.78, 5) is 58.4. The van der Waals surface area contributed by atoms with Crippen LogP contribution in [0.2, 0.25) is 0 Å². The van der Waals surface area contributed by atoms with Crippen LogP contribution in [0.15, 0.2) is 17.4 Å². The Labute approximate surface area is 249 Å². The van der Waals surface area contributed by atoms with Gasteiger partial charge in [0.25, 0.3) is 0 Å². The van der Waals surface area contributed by atoms with E-state index >= 15 is 0 Å². The lowest BCUT2D eigenvalue weighted by Crippen LogP contribution is -2.64. The van der Waals surface area contributed by atoms with Gasteiger partial charge in [0.15, 0.2) is 0 Å². The zero-order chi connectivity index (χ0) is 29.4. The van der Waals surface area contributed by atoms with Gasteiger partial charge in [-0.3, -0.25) is 19.2 Å². The molecule has 6 atom stereocenters. The number of carbonyl (C=O) groups excluding carboxylic acids is 4. The number of thioether (sulfide) groups is 1. The van der Waals surface area contributed by atoms with Crippen LogP contribution in [0.3, 0.4) is 0 Å². The summed E-state index contributed by atoms with van der Waals surface area (Å²) in [6.07, 6.45) is 5.53. The van der Waals surface area contributed by atoms with E-state index in [2.05, 4.69) is 38.4 Å². The summed E-state index contributed by atoms with van der Waals surface area (Å²) in [6, 6.07) is -0.517. The Morgan fingerprint density at radius 1 is 1.12 bits per heavy atom. The van der Waals surface area contributed by atoms with E-state index < -0.39 is 0 Å². The maximum Gasteiger partial charge on any atom is 0.242 e. The first kappa shape index (κ1) is 29.1. The fraction of sp³-hybridized carbons (Fsp3) is 0.741. The summed E-state index contributed by atoms with van der Waals surface area (Å²) < 4.78 is 1.34. The van der Waals surface area contributed by atoms with Gasteiger partial charge in [-0.1, -0.05) is 6.92 Å². The van der Waals surface area contributed by atoms with Gasteiger partial charge in [0.1, 0.15) is 12.9 Å². The van der Waals surface area contributed by atoms with Crippen LogP contribution in [-0.4, -0.2) is 128 Å². The number of hydrogen-bond donors (Lipinski definition) is 3. The normalized spacial score (nSPS) is 30.5. The molecule has 15 heteroatoms. The Hall–Kier alpha value is -3.04. The highest BCUT2D eigenvalue weighted by atomic mass is 32.2. The van der Waals surface area contributed by atoms with Crippen molar-refractivity contribution in [2.75, 3.05) is 45.8 Å². The number of piperidine rings is 1. The number of nitrogens with zero attached hydrogens (tertiary/aromatic N) is 7. The first-order chi connectivity index (χ1) is 20.3. The number of tetrazole rings is 1. The molecule has 0 bridgehead atoms. The van der Waals surface area contributed by atoms with Gasteiger partial charge in [-0.15, -0.1) is 16.9 Å². The number of amides is 4. The van der Waals surface area contributed by atoms with Crippen LogP contribution in [0.1, 0.15) is 33.1 Å². The number of aromatic nitrogens is 4. The topological polar surface area (TPSA) is 158 Å². The van der Waals surface area contributed by atoms with Crippen molar-refractivity contribution in [3.8, 4) is 0 Å². The van der Waals surface area contributed by atoms with E-state index in [1.807, 2.05) is 22.9 Å². The second kappa shape index (κ2) is 12.3. The standard InChI is InChI=1S/C27H40N10O4S/c1-16-21(13-37-24(16)23(27(37)41)17(2)31-22(38)14-36-15-30-32-33-36)42-19-11-20(29-12-19)26(40)34-7-3-18(4-8-34)25(39)35-9-5-28-6-10-35/h13,15-20,23-24,28-29H,3-12,14H2,1-2H3,(H,31,38)/t16-,17+,19-,20-,23+,24+/m0/s1. The fourth-order valence-corrected chi connectivity index (χ4v) is 8.38. The molecule has 0 radical (unpaired) electrons. The zero-order valence-corrected chi connectivity index (χ0v) is 25.0. The molecule has 42 heavy (non-hydrogen) atoms. The number of β-lactam (4-membered cyclic amide) rings is 1. The minimum atomic E-state index is -0.311. The maximum atomic E-state index is 13.3. The van der Waals surface area contributed by atoms with Crippen LogP contribution < -0.4 is 16.0 Å². The van der Waals surface area contributed by atoms with Crippen LogP contribution in [0.4, 0.5) is 0 Å². The molecule has 4 saturated heterocycles. The van der Waals surface area contributed by atoms with Crippen molar-refractivity contribution in [1.29, 1.82) is 0 Å². The maximum absolute atomic E-state index is 13.3. The van der Waals surface area contributed by atoms with E-state index in [1.165, 1.54) is 11.0 Å². The van der Waals surface area contributed by atoms with Crippen molar-refractivity contribution >= 4 is 35.4 Å². The van der Waals surface area contributed by atoms with E-state index in [1.54, 1.807) is 16.7 Å². The molecule has 0 aromatic carbocycles. The Morgan fingerprint density at radius 3 is 2.57 bits per heavy atom. The first-order valence-corrected chi connectivity index (χ1v) is 15.9. The van der Waals surface area contributed by atoms with Crippen molar-refractivity contribution in [3.05, 3.63) is 17.4 Å². The third kappa shape index (κ3) is 5.78. The predicted molar refractivity (Wildman–Crippen MR) is 153 cm³/mol. The monoisotopic (exact) mass is 600 g/mol. The molecule has 4 amide bonds. The molecule has 1 aromatic heterocycles. The largest absolute Gasteiger partial charge is 0.351 e. The summed E-state index contributed by atoms with van der Waals surface area (Å²) in [5.74, 6) is 0.0332. The molecule has 6 rings (SSSR count). The van der Waals surface area contributed by atoms with Crippen molar-refractivity contribution in [2.45, 2.75) is 63.0 Å². The van der Waals surface area contributed by atoms with Gasteiger partial charge >= 0.3 is 0 Å². The number of fused-ring (bicyclic) bond motifs is 1. The van der Waals surface area contributed by atoms with Gasteiger partial charge in [0.05, 0.1) is 18.0 Å². The molecule has 4 fully saturated rings. The summed E-state index contributed by atoms with van der Waals surface area (Å²) in [7, 11) is 0. The van der Waals surface area contributed by atoms with E-state index in [9.17, 15) is 19.2 Å². The first-order valence-electron chi connectivity index (χ1n) is 15.0. The molecule has 5 aliphatic heterocycles. The number of nitrogens with one attached hydrogen (secondary N) is 3. The SMILES string of the molecule is C[C@@H](NC(=O)Cn1cnnn1)[C@H]1C(=O)N2C=C(S[C@@H]3CN[C@H](C(=O)N4CCC(C(=O)N5CCNCC5)CC4)C3)[C@H](C)[C@H]12. The van der Waals surface area contributed by atoms with Gasteiger partial charge < -0.3 is 30.7 Å². The zero-order valence-electron chi connectivity index (χ0n) is 24.1. The Bertz CT molecular complexity index is 1210. The second-order valence-corrected chi connectivity index (χ2v) is 13.4. The van der Waals surface area contributed by atoms with E-state index in [0.29, 0.717) is 13.1 Å². The molecule has 228 valence electrons. The van der Waals surface area contributed by atoms with Crippen LogP contribution >= 0.6 is 11.8 Å². The molecular formula is C27H40N10O4S. The van der Waals surface area contributed by atoms with Crippen LogP contribution in [0, 0.1) is 17.8 Å².